The predicted octanol–water partition coefficient (Wildman–Crippen LogP) is 3.50. The van der Waals surface area contributed by atoms with E-state index in [9.17, 15) is 9.59 Å². The minimum atomic E-state index is -0.791. The highest BCUT2D eigenvalue weighted by molar-refractivity contribution is 6.31. The number of carboxylic acids is 1. The number of hydrogen-bond donors (Lipinski definition) is 2. The van der Waals surface area contributed by atoms with E-state index in [1.54, 1.807) is 18.2 Å². The molecule has 0 spiro atoms. The monoisotopic (exact) mass is 327 g/mol. The third-order valence-electron chi connectivity index (χ3n) is 3.00. The van der Waals surface area contributed by atoms with Gasteiger partial charge in [0.15, 0.2) is 0 Å². The van der Waals surface area contributed by atoms with Crippen molar-refractivity contribution >= 4 is 23.5 Å². The van der Waals surface area contributed by atoms with Gasteiger partial charge in [-0.3, -0.25) is 9.59 Å². The molecule has 0 radical (unpaired) electrons. The Morgan fingerprint density at radius 3 is 2.73 bits per heavy atom. The van der Waals surface area contributed by atoms with Gasteiger partial charge in [-0.2, -0.15) is 0 Å². The minimum absolute atomic E-state index is 0.164. The zero-order valence-electron chi connectivity index (χ0n) is 12.7. The zero-order valence-corrected chi connectivity index (χ0v) is 13.5. The molecule has 1 amide bonds. The lowest BCUT2D eigenvalue weighted by Gasteiger charge is -2.11. The van der Waals surface area contributed by atoms with Gasteiger partial charge in [0.2, 0.25) is 0 Å². The van der Waals surface area contributed by atoms with Gasteiger partial charge in [0.25, 0.3) is 5.91 Å². The molecule has 1 aromatic rings. The second-order valence-electron chi connectivity index (χ2n) is 4.95. The van der Waals surface area contributed by atoms with E-state index in [0.29, 0.717) is 35.9 Å². The molecule has 0 saturated carbocycles. The molecule has 0 atom stereocenters. The number of halogens is 1. The van der Waals surface area contributed by atoms with Gasteiger partial charge in [-0.25, -0.2) is 0 Å². The molecule has 0 aliphatic carbocycles. The molecule has 0 aliphatic heterocycles. The summed E-state index contributed by atoms with van der Waals surface area (Å²) in [5, 5.41) is 11.8. The third kappa shape index (κ3) is 6.80. The topological polar surface area (TPSA) is 75.6 Å². The summed E-state index contributed by atoms with van der Waals surface area (Å²) in [6, 6.07) is 4.97. The van der Waals surface area contributed by atoms with E-state index < -0.39 is 5.97 Å². The fourth-order valence-corrected chi connectivity index (χ4v) is 2.06. The number of unbranched alkanes of at least 4 members (excludes halogenated alkanes) is 2. The van der Waals surface area contributed by atoms with Crippen LogP contribution in [0.4, 0.5) is 0 Å². The Morgan fingerprint density at radius 1 is 1.27 bits per heavy atom. The molecule has 0 unspecified atom stereocenters. The smallest absolute Gasteiger partial charge is 0.303 e. The van der Waals surface area contributed by atoms with Crippen LogP contribution in [-0.2, 0) is 4.79 Å². The first-order valence-corrected chi connectivity index (χ1v) is 7.84. The fraction of sp³-hybridized carbons (Fsp3) is 0.500. The molecule has 1 rings (SSSR count). The Hall–Kier alpha value is -1.75. The Bertz CT molecular complexity index is 505. The van der Waals surface area contributed by atoms with E-state index in [1.807, 2.05) is 6.92 Å². The second-order valence-corrected chi connectivity index (χ2v) is 5.39. The van der Waals surface area contributed by atoms with Crippen LogP contribution in [0.3, 0.4) is 0 Å². The van der Waals surface area contributed by atoms with Gasteiger partial charge in [-0.1, -0.05) is 24.9 Å². The summed E-state index contributed by atoms with van der Waals surface area (Å²) in [4.78, 5) is 22.6. The SMILES string of the molecule is CCCOc1ccc(Cl)cc1C(=O)NCCCCCC(=O)O. The van der Waals surface area contributed by atoms with Crippen molar-refractivity contribution in [1.82, 2.24) is 5.32 Å². The number of aliphatic carboxylic acids is 1. The lowest BCUT2D eigenvalue weighted by atomic mass is 10.1. The molecule has 22 heavy (non-hydrogen) atoms. The quantitative estimate of drug-likeness (QED) is 0.645. The van der Waals surface area contributed by atoms with Gasteiger partial charge >= 0.3 is 5.97 Å². The van der Waals surface area contributed by atoms with Gasteiger partial charge in [-0.15, -0.1) is 0 Å². The molecule has 0 aromatic heterocycles. The van der Waals surface area contributed by atoms with Crippen LogP contribution in [0.25, 0.3) is 0 Å². The molecule has 5 nitrogen and oxygen atoms in total. The van der Waals surface area contributed by atoms with Gasteiger partial charge in [0.05, 0.1) is 12.2 Å². The average molecular weight is 328 g/mol. The molecule has 0 heterocycles. The van der Waals surface area contributed by atoms with E-state index >= 15 is 0 Å². The van der Waals surface area contributed by atoms with E-state index in [2.05, 4.69) is 5.32 Å². The number of carboxylic acid groups (broad SMARTS) is 1. The van der Waals surface area contributed by atoms with Gasteiger partial charge < -0.3 is 15.2 Å². The van der Waals surface area contributed by atoms with Crippen LogP contribution in [0.2, 0.25) is 5.02 Å². The van der Waals surface area contributed by atoms with Crippen LogP contribution >= 0.6 is 11.6 Å². The number of ether oxygens (including phenoxy) is 1. The molecule has 2 N–H and O–H groups in total. The van der Waals surface area contributed by atoms with Gasteiger partial charge in [-0.05, 0) is 37.5 Å². The van der Waals surface area contributed by atoms with E-state index in [0.717, 1.165) is 19.3 Å². The molecule has 122 valence electrons. The first-order chi connectivity index (χ1) is 10.5. The molecule has 0 aliphatic rings. The number of hydrogen-bond acceptors (Lipinski definition) is 3. The second kappa shape index (κ2) is 10.1. The molecular formula is C16H22ClNO4. The average Bonchev–Trinajstić information content (AvgIpc) is 2.49. The summed E-state index contributed by atoms with van der Waals surface area (Å²) in [7, 11) is 0. The Morgan fingerprint density at radius 2 is 2.05 bits per heavy atom. The highest BCUT2D eigenvalue weighted by atomic mass is 35.5. The zero-order chi connectivity index (χ0) is 16.4. The van der Waals surface area contributed by atoms with Crippen molar-refractivity contribution in [2.75, 3.05) is 13.2 Å². The summed E-state index contributed by atoms with van der Waals surface area (Å²) in [6.07, 6.45) is 3.14. The van der Waals surface area contributed by atoms with Crippen molar-refractivity contribution in [3.05, 3.63) is 28.8 Å². The van der Waals surface area contributed by atoms with Crippen LogP contribution < -0.4 is 10.1 Å². The van der Waals surface area contributed by atoms with E-state index in [-0.39, 0.29) is 12.3 Å². The number of benzene rings is 1. The lowest BCUT2D eigenvalue weighted by Crippen LogP contribution is -2.25. The van der Waals surface area contributed by atoms with Crippen molar-refractivity contribution in [2.24, 2.45) is 0 Å². The van der Waals surface area contributed by atoms with Crippen LogP contribution in [0.1, 0.15) is 49.4 Å². The number of carbonyl (C=O) groups excluding carboxylic acids is 1. The van der Waals surface area contributed by atoms with Gasteiger partial charge in [0, 0.05) is 18.0 Å². The number of amides is 1. The maximum absolute atomic E-state index is 12.2. The molecule has 1 aromatic carbocycles. The molecule has 0 fully saturated rings. The summed E-state index contributed by atoms with van der Waals surface area (Å²) in [5.74, 6) is -0.498. The summed E-state index contributed by atoms with van der Waals surface area (Å²) >= 11 is 5.94. The van der Waals surface area contributed by atoms with Crippen molar-refractivity contribution in [1.29, 1.82) is 0 Å². The van der Waals surface area contributed by atoms with Crippen LogP contribution in [0.15, 0.2) is 18.2 Å². The molecular weight excluding hydrogens is 306 g/mol. The summed E-state index contributed by atoms with van der Waals surface area (Å²) < 4.78 is 5.55. The summed E-state index contributed by atoms with van der Waals surface area (Å²) in [5.41, 5.74) is 0.423. The third-order valence-corrected chi connectivity index (χ3v) is 3.24. The van der Waals surface area contributed by atoms with Crippen molar-refractivity contribution in [3.63, 3.8) is 0 Å². The van der Waals surface area contributed by atoms with Crippen molar-refractivity contribution in [3.8, 4) is 5.75 Å². The first-order valence-electron chi connectivity index (χ1n) is 7.47. The van der Waals surface area contributed by atoms with Crippen LogP contribution in [0.5, 0.6) is 5.75 Å². The standard InChI is InChI=1S/C16H22ClNO4/c1-2-10-22-14-8-7-12(17)11-13(14)16(21)18-9-5-3-4-6-15(19)20/h7-8,11H,2-6,9-10H2,1H3,(H,18,21)(H,19,20). The lowest BCUT2D eigenvalue weighted by molar-refractivity contribution is -0.137. The maximum Gasteiger partial charge on any atom is 0.303 e. The molecule has 0 bridgehead atoms. The highest BCUT2D eigenvalue weighted by Crippen LogP contribution is 2.23. The van der Waals surface area contributed by atoms with E-state index in [4.69, 9.17) is 21.4 Å². The normalized spacial score (nSPS) is 10.3. The Kier molecular flexibility index (Phi) is 8.36. The fourth-order valence-electron chi connectivity index (χ4n) is 1.89. The maximum atomic E-state index is 12.2. The van der Waals surface area contributed by atoms with E-state index in [1.165, 1.54) is 0 Å². The van der Waals surface area contributed by atoms with Crippen molar-refractivity contribution in [2.45, 2.75) is 39.0 Å². The predicted molar refractivity (Wildman–Crippen MR) is 85.7 cm³/mol. The number of carbonyl (C=O) groups is 2. The van der Waals surface area contributed by atoms with Crippen molar-refractivity contribution < 1.29 is 19.4 Å². The summed E-state index contributed by atoms with van der Waals surface area (Å²) in [6.45, 7) is 3.03. The first kappa shape index (κ1) is 18.3. The molecule has 6 heteroatoms. The Labute approximate surface area is 135 Å². The van der Waals surface area contributed by atoms with Gasteiger partial charge in [0.1, 0.15) is 5.75 Å². The highest BCUT2D eigenvalue weighted by Gasteiger charge is 2.13. The number of nitrogens with one attached hydrogen (secondary N) is 1. The Balaban J connectivity index is 2.46. The minimum Gasteiger partial charge on any atom is -0.493 e. The van der Waals surface area contributed by atoms with Crippen LogP contribution in [0, 0.1) is 0 Å². The van der Waals surface area contributed by atoms with Crippen LogP contribution in [-0.4, -0.2) is 30.1 Å². The molecule has 0 saturated heterocycles. The number of rotatable bonds is 10. The largest absolute Gasteiger partial charge is 0.493 e.